The number of nitrogens with zero attached hydrogens (tertiary/aromatic N) is 3. The van der Waals surface area contributed by atoms with Crippen LogP contribution in [0.4, 0.5) is 17.1 Å². The molecule has 0 bridgehead atoms. The van der Waals surface area contributed by atoms with Crippen molar-refractivity contribution in [3.63, 3.8) is 0 Å². The molecule has 0 saturated carbocycles. The van der Waals surface area contributed by atoms with E-state index in [4.69, 9.17) is 0 Å². The van der Waals surface area contributed by atoms with Crippen LogP contribution < -0.4 is 10.2 Å². The zero-order chi connectivity index (χ0) is 21.3. The molecule has 2 amide bonds. The third-order valence-corrected chi connectivity index (χ3v) is 5.45. The number of nitro benzene ring substituents is 1. The van der Waals surface area contributed by atoms with Gasteiger partial charge in [-0.2, -0.15) is 0 Å². The van der Waals surface area contributed by atoms with Crippen molar-refractivity contribution in [3.05, 3.63) is 40.5 Å². The maximum atomic E-state index is 12.8. The molecule has 2 aliphatic rings. The van der Waals surface area contributed by atoms with E-state index in [9.17, 15) is 19.7 Å². The first kappa shape index (κ1) is 21.0. The smallest absolute Gasteiger partial charge is 0.294 e. The summed E-state index contributed by atoms with van der Waals surface area (Å²) < 4.78 is 0. The molecular formula is C21H28N4O4. The fraction of sp³-hybridized carbons (Fsp3) is 0.524. The van der Waals surface area contributed by atoms with E-state index in [1.807, 2.05) is 26.2 Å². The number of rotatable bonds is 7. The SMILES string of the molecule is CN(C)CC(C)(C)CNc1ccc(N2C(=O)C3CC=CCC3C2=O)cc1[N+](=O)[O-]. The van der Waals surface area contributed by atoms with E-state index >= 15 is 0 Å². The molecule has 1 N–H and O–H groups in total. The van der Waals surface area contributed by atoms with Crippen molar-refractivity contribution >= 4 is 28.9 Å². The van der Waals surface area contributed by atoms with E-state index in [2.05, 4.69) is 24.1 Å². The molecule has 0 aromatic heterocycles. The number of carbonyl (C=O) groups excluding carboxylic acids is 2. The average molecular weight is 400 g/mol. The summed E-state index contributed by atoms with van der Waals surface area (Å²) in [5.74, 6) is -1.27. The van der Waals surface area contributed by atoms with Crippen LogP contribution in [0.25, 0.3) is 0 Å². The van der Waals surface area contributed by atoms with E-state index < -0.39 is 4.92 Å². The lowest BCUT2D eigenvalue weighted by atomic mass is 9.85. The summed E-state index contributed by atoms with van der Waals surface area (Å²) in [6.07, 6.45) is 4.91. The second kappa shape index (κ2) is 7.94. The highest BCUT2D eigenvalue weighted by molar-refractivity contribution is 6.22. The Bertz CT molecular complexity index is 836. The van der Waals surface area contributed by atoms with Crippen LogP contribution in [0.3, 0.4) is 0 Å². The summed E-state index contributed by atoms with van der Waals surface area (Å²) >= 11 is 0. The van der Waals surface area contributed by atoms with Gasteiger partial charge in [0.1, 0.15) is 5.69 Å². The van der Waals surface area contributed by atoms with Crippen LogP contribution in [0, 0.1) is 27.4 Å². The van der Waals surface area contributed by atoms with Crippen molar-refractivity contribution in [2.45, 2.75) is 26.7 Å². The van der Waals surface area contributed by atoms with Crippen LogP contribution in [-0.4, -0.2) is 48.8 Å². The van der Waals surface area contributed by atoms with Gasteiger partial charge in [-0.1, -0.05) is 26.0 Å². The molecule has 0 spiro atoms. The summed E-state index contributed by atoms with van der Waals surface area (Å²) in [6, 6.07) is 4.51. The van der Waals surface area contributed by atoms with Crippen LogP contribution in [0.2, 0.25) is 0 Å². The first-order valence-corrected chi connectivity index (χ1v) is 9.80. The molecule has 8 heteroatoms. The first-order valence-electron chi connectivity index (χ1n) is 9.80. The van der Waals surface area contributed by atoms with E-state index in [0.29, 0.717) is 25.1 Å². The number of nitro groups is 1. The third-order valence-electron chi connectivity index (χ3n) is 5.45. The molecule has 1 heterocycles. The Morgan fingerprint density at radius 2 is 1.76 bits per heavy atom. The van der Waals surface area contributed by atoms with Crippen LogP contribution in [0.5, 0.6) is 0 Å². The molecule has 1 fully saturated rings. The molecule has 2 unspecified atom stereocenters. The van der Waals surface area contributed by atoms with Gasteiger partial charge in [0.2, 0.25) is 11.8 Å². The van der Waals surface area contributed by atoms with Crippen molar-refractivity contribution in [2.75, 3.05) is 37.4 Å². The lowest BCUT2D eigenvalue weighted by Gasteiger charge is -2.28. The Morgan fingerprint density at radius 3 is 2.28 bits per heavy atom. The number of nitrogens with one attached hydrogen (secondary N) is 1. The van der Waals surface area contributed by atoms with Gasteiger partial charge in [-0.05, 0) is 44.5 Å². The topological polar surface area (TPSA) is 95.8 Å². The zero-order valence-corrected chi connectivity index (χ0v) is 17.3. The lowest BCUT2D eigenvalue weighted by Crippen LogP contribution is -2.34. The summed E-state index contributed by atoms with van der Waals surface area (Å²) in [7, 11) is 3.96. The van der Waals surface area contributed by atoms with Gasteiger partial charge in [0, 0.05) is 19.2 Å². The van der Waals surface area contributed by atoms with Crippen LogP contribution in [-0.2, 0) is 9.59 Å². The van der Waals surface area contributed by atoms with E-state index in [1.165, 1.54) is 6.07 Å². The van der Waals surface area contributed by atoms with Gasteiger partial charge in [-0.3, -0.25) is 19.7 Å². The number of allylic oxidation sites excluding steroid dienone is 2. The molecule has 1 aromatic rings. The number of hydrogen-bond acceptors (Lipinski definition) is 6. The Labute approximate surface area is 170 Å². The molecule has 156 valence electrons. The maximum absolute atomic E-state index is 12.8. The Morgan fingerprint density at radius 1 is 1.17 bits per heavy atom. The average Bonchev–Trinajstić information content (AvgIpc) is 2.90. The van der Waals surface area contributed by atoms with E-state index in [1.54, 1.807) is 12.1 Å². The largest absolute Gasteiger partial charge is 0.379 e. The van der Waals surface area contributed by atoms with Gasteiger partial charge < -0.3 is 10.2 Å². The third kappa shape index (κ3) is 4.32. The monoisotopic (exact) mass is 400 g/mol. The minimum atomic E-state index is -0.482. The highest BCUT2D eigenvalue weighted by atomic mass is 16.6. The number of benzene rings is 1. The van der Waals surface area contributed by atoms with Gasteiger partial charge in [0.25, 0.3) is 5.69 Å². The standard InChI is InChI=1S/C21H28N4O4/c1-21(2,13-23(3)4)12-22-17-10-9-14(11-18(17)25(28)29)24-19(26)15-7-5-6-8-16(15)20(24)27/h5-6,9-11,15-16,22H,7-8,12-13H2,1-4H3. The fourth-order valence-corrected chi connectivity index (χ4v) is 4.26. The molecule has 0 radical (unpaired) electrons. The van der Waals surface area contributed by atoms with Crippen LogP contribution >= 0.6 is 0 Å². The van der Waals surface area contributed by atoms with Crippen LogP contribution in [0.1, 0.15) is 26.7 Å². The predicted molar refractivity (Wildman–Crippen MR) is 112 cm³/mol. The first-order chi connectivity index (χ1) is 13.6. The highest BCUT2D eigenvalue weighted by Crippen LogP contribution is 2.39. The fourth-order valence-electron chi connectivity index (χ4n) is 4.26. The second-order valence-corrected chi connectivity index (χ2v) is 8.88. The highest BCUT2D eigenvalue weighted by Gasteiger charge is 2.48. The maximum Gasteiger partial charge on any atom is 0.294 e. The lowest BCUT2D eigenvalue weighted by molar-refractivity contribution is -0.383. The molecular weight excluding hydrogens is 372 g/mol. The minimum Gasteiger partial charge on any atom is -0.379 e. The quantitative estimate of drug-likeness (QED) is 0.327. The van der Waals surface area contributed by atoms with Gasteiger partial charge >= 0.3 is 0 Å². The molecule has 1 saturated heterocycles. The molecule has 2 atom stereocenters. The number of carbonyl (C=O) groups is 2. The zero-order valence-electron chi connectivity index (χ0n) is 17.3. The Balaban J connectivity index is 1.84. The number of fused-ring (bicyclic) bond motifs is 1. The minimum absolute atomic E-state index is 0.0976. The Kier molecular flexibility index (Phi) is 5.75. The molecule has 1 aliphatic heterocycles. The molecule has 8 nitrogen and oxygen atoms in total. The molecule has 3 rings (SSSR count). The number of anilines is 2. The number of amides is 2. The van der Waals surface area contributed by atoms with Gasteiger partial charge in [-0.15, -0.1) is 0 Å². The van der Waals surface area contributed by atoms with Gasteiger partial charge in [0.05, 0.1) is 22.4 Å². The summed E-state index contributed by atoms with van der Waals surface area (Å²) in [6.45, 7) is 5.53. The van der Waals surface area contributed by atoms with E-state index in [0.717, 1.165) is 11.4 Å². The van der Waals surface area contributed by atoms with Gasteiger partial charge in [0.15, 0.2) is 0 Å². The second-order valence-electron chi connectivity index (χ2n) is 8.88. The number of hydrogen-bond donors (Lipinski definition) is 1. The van der Waals surface area contributed by atoms with Crippen molar-refractivity contribution in [3.8, 4) is 0 Å². The summed E-state index contributed by atoms with van der Waals surface area (Å²) in [5, 5.41) is 14.8. The Hall–Kier alpha value is -2.74. The van der Waals surface area contributed by atoms with Crippen LogP contribution in [0.15, 0.2) is 30.4 Å². The summed E-state index contributed by atoms with van der Waals surface area (Å²) in [4.78, 5) is 39.9. The molecule has 1 aromatic carbocycles. The van der Waals surface area contributed by atoms with Crippen molar-refractivity contribution in [1.29, 1.82) is 0 Å². The summed E-state index contributed by atoms with van der Waals surface area (Å²) in [5.41, 5.74) is 0.402. The predicted octanol–water partition coefficient (Wildman–Crippen LogP) is 3.05. The van der Waals surface area contributed by atoms with Crippen molar-refractivity contribution in [2.24, 2.45) is 17.3 Å². The van der Waals surface area contributed by atoms with Crippen molar-refractivity contribution < 1.29 is 14.5 Å². The van der Waals surface area contributed by atoms with E-state index in [-0.39, 0.29) is 40.4 Å². The molecule has 29 heavy (non-hydrogen) atoms. The number of imide groups is 1. The van der Waals surface area contributed by atoms with Crippen molar-refractivity contribution in [1.82, 2.24) is 4.90 Å². The molecule has 1 aliphatic carbocycles. The normalized spacial score (nSPS) is 21.6. The van der Waals surface area contributed by atoms with Gasteiger partial charge in [-0.25, -0.2) is 4.90 Å².